The Morgan fingerprint density at radius 1 is 0.525 bits per heavy atom. The molecule has 4 aromatic carbocycles. The van der Waals surface area contributed by atoms with Crippen molar-refractivity contribution in [3.8, 4) is 33.4 Å². The summed E-state index contributed by atoms with van der Waals surface area (Å²) in [5, 5.41) is 0. The second-order valence-electron chi connectivity index (χ2n) is 8.58. The van der Waals surface area contributed by atoms with Crippen molar-refractivity contribution in [2.75, 3.05) is 21.3 Å². The van der Waals surface area contributed by atoms with Crippen molar-refractivity contribution in [3.63, 3.8) is 0 Å². The predicted octanol–water partition coefficient (Wildman–Crippen LogP) is 5.29. The maximum absolute atomic E-state index is 12.8. The lowest BCUT2D eigenvalue weighted by Crippen LogP contribution is -2.06. The molecule has 0 atom stereocenters. The van der Waals surface area contributed by atoms with Crippen LogP contribution in [-0.4, -0.2) is 52.2 Å². The van der Waals surface area contributed by atoms with Crippen molar-refractivity contribution in [1.29, 1.82) is 0 Å². The molecule has 0 saturated heterocycles. The summed E-state index contributed by atoms with van der Waals surface area (Å²) in [6, 6.07) is 21.8. The molecular formula is C30H24O9S. The van der Waals surface area contributed by atoms with Crippen molar-refractivity contribution in [3.05, 3.63) is 102 Å². The van der Waals surface area contributed by atoms with Crippen molar-refractivity contribution >= 4 is 28.0 Å². The number of carbonyl (C=O) groups excluding carboxylic acids is 3. The predicted molar refractivity (Wildman–Crippen MR) is 147 cm³/mol. The number of hydrogen-bond acceptors (Lipinski definition) is 8. The molecule has 0 aliphatic rings. The van der Waals surface area contributed by atoms with Crippen molar-refractivity contribution in [2.24, 2.45) is 0 Å². The number of rotatable bonds is 7. The topological polar surface area (TPSA) is 133 Å². The van der Waals surface area contributed by atoms with Gasteiger partial charge in [0.15, 0.2) is 0 Å². The van der Waals surface area contributed by atoms with E-state index in [4.69, 9.17) is 14.2 Å². The molecule has 0 aliphatic heterocycles. The Balaban J connectivity index is 1.99. The van der Waals surface area contributed by atoms with Crippen LogP contribution < -0.4 is 0 Å². The summed E-state index contributed by atoms with van der Waals surface area (Å²) in [4.78, 5) is 35.4. The van der Waals surface area contributed by atoms with E-state index in [2.05, 4.69) is 0 Å². The van der Waals surface area contributed by atoms with E-state index in [0.29, 0.717) is 27.8 Å². The highest BCUT2D eigenvalue weighted by atomic mass is 32.2. The third kappa shape index (κ3) is 5.78. The average molecular weight is 561 g/mol. The smallest absolute Gasteiger partial charge is 0.337 e. The molecule has 0 aliphatic carbocycles. The molecule has 0 fully saturated rings. The van der Waals surface area contributed by atoms with Gasteiger partial charge < -0.3 is 14.2 Å². The number of hydrogen-bond donors (Lipinski definition) is 1. The molecular weight excluding hydrogens is 536 g/mol. The quantitative estimate of drug-likeness (QED) is 0.182. The molecule has 0 unspecified atom stereocenters. The van der Waals surface area contributed by atoms with E-state index in [1.165, 1.54) is 45.6 Å². The van der Waals surface area contributed by atoms with Crippen LogP contribution in [0.15, 0.2) is 89.8 Å². The minimum atomic E-state index is -4.79. The van der Waals surface area contributed by atoms with Gasteiger partial charge in [0, 0.05) is 11.1 Å². The molecule has 0 aromatic heterocycles. The van der Waals surface area contributed by atoms with Crippen molar-refractivity contribution in [2.45, 2.75) is 4.90 Å². The van der Waals surface area contributed by atoms with Gasteiger partial charge in [0.1, 0.15) is 4.90 Å². The second kappa shape index (κ2) is 11.5. The van der Waals surface area contributed by atoms with Gasteiger partial charge in [-0.25, -0.2) is 14.4 Å². The molecule has 9 nitrogen and oxygen atoms in total. The Morgan fingerprint density at radius 2 is 0.825 bits per heavy atom. The van der Waals surface area contributed by atoms with Crippen LogP contribution in [-0.2, 0) is 24.3 Å². The first-order chi connectivity index (χ1) is 19.1. The first-order valence-corrected chi connectivity index (χ1v) is 13.2. The Kier molecular flexibility index (Phi) is 8.13. The third-order valence-electron chi connectivity index (χ3n) is 6.22. The summed E-state index contributed by atoms with van der Waals surface area (Å²) < 4.78 is 50.3. The average Bonchev–Trinajstić information content (AvgIpc) is 2.99. The zero-order valence-electron chi connectivity index (χ0n) is 21.7. The molecule has 40 heavy (non-hydrogen) atoms. The lowest BCUT2D eigenvalue weighted by Gasteiger charge is -2.17. The highest BCUT2D eigenvalue weighted by Gasteiger charge is 2.25. The number of esters is 3. The van der Waals surface area contributed by atoms with E-state index in [1.54, 1.807) is 60.7 Å². The second-order valence-corrected chi connectivity index (χ2v) is 9.94. The van der Waals surface area contributed by atoms with Crippen LogP contribution >= 0.6 is 0 Å². The highest BCUT2D eigenvalue weighted by molar-refractivity contribution is 7.86. The van der Waals surface area contributed by atoms with Crippen molar-refractivity contribution in [1.82, 2.24) is 0 Å². The summed E-state index contributed by atoms with van der Waals surface area (Å²) in [6.07, 6.45) is 0. The number of benzene rings is 4. The van der Waals surface area contributed by atoms with Crippen LogP contribution in [0.1, 0.15) is 31.1 Å². The van der Waals surface area contributed by atoms with E-state index in [9.17, 15) is 27.4 Å². The monoisotopic (exact) mass is 560 g/mol. The number of ether oxygens (including phenoxy) is 3. The minimum absolute atomic E-state index is 0.167. The number of methoxy groups -OCH3 is 3. The molecule has 0 saturated carbocycles. The lowest BCUT2D eigenvalue weighted by molar-refractivity contribution is 0.0592. The molecule has 4 rings (SSSR count). The molecule has 1 N–H and O–H groups in total. The standard InChI is InChI=1S/C30H24O9S/c1-37-28(31)21-10-4-18(5-11-21)24-16-25(19-6-12-22(13-7-19)29(32)38-2)27(40(34,35)36)26(17-24)20-8-14-23(15-9-20)30(33)39-3/h4-17H,1-3H3,(H,34,35,36). The molecule has 0 spiro atoms. The first-order valence-electron chi connectivity index (χ1n) is 11.8. The normalized spacial score (nSPS) is 11.0. The van der Waals surface area contributed by atoms with E-state index in [0.717, 1.165) is 0 Å². The van der Waals surface area contributed by atoms with Gasteiger partial charge in [0.05, 0.1) is 38.0 Å². The fourth-order valence-electron chi connectivity index (χ4n) is 4.23. The fraction of sp³-hybridized carbons (Fsp3) is 0.100. The van der Waals surface area contributed by atoms with Crippen molar-refractivity contribution < 1.29 is 41.6 Å². The first kappa shape index (κ1) is 28.2. The Bertz CT molecular complexity index is 1610. The molecule has 4 aromatic rings. The molecule has 0 bridgehead atoms. The summed E-state index contributed by atoms with van der Waals surface area (Å²) >= 11 is 0. The van der Waals surface area contributed by atoms with Crippen LogP contribution in [0.25, 0.3) is 33.4 Å². The van der Waals surface area contributed by atoms with Crippen LogP contribution in [0.2, 0.25) is 0 Å². The van der Waals surface area contributed by atoms with Gasteiger partial charge in [0.25, 0.3) is 10.1 Å². The number of carbonyl (C=O) groups is 3. The molecule has 204 valence electrons. The third-order valence-corrected chi connectivity index (χ3v) is 7.18. The van der Waals surface area contributed by atoms with Gasteiger partial charge >= 0.3 is 17.9 Å². The maximum Gasteiger partial charge on any atom is 0.337 e. The van der Waals surface area contributed by atoms with Crippen LogP contribution in [0, 0.1) is 0 Å². The summed E-state index contributed by atoms with van der Waals surface area (Å²) in [7, 11) is -1.01. The molecule has 0 radical (unpaired) electrons. The van der Waals surface area contributed by atoms with Crippen LogP contribution in [0.5, 0.6) is 0 Å². The summed E-state index contributed by atoms with van der Waals surface area (Å²) in [6.45, 7) is 0. The van der Waals surface area contributed by atoms with Crippen LogP contribution in [0.3, 0.4) is 0 Å². The Hall–Kier alpha value is -4.80. The summed E-state index contributed by atoms with van der Waals surface area (Å²) in [5.41, 5.74) is 3.21. The van der Waals surface area contributed by atoms with Gasteiger partial charge in [-0.2, -0.15) is 8.42 Å². The van der Waals surface area contributed by atoms with Gasteiger partial charge in [-0.1, -0.05) is 36.4 Å². The molecule has 10 heteroatoms. The van der Waals surface area contributed by atoms with Crippen LogP contribution in [0.4, 0.5) is 0 Å². The van der Waals surface area contributed by atoms with Gasteiger partial charge in [-0.15, -0.1) is 0 Å². The highest BCUT2D eigenvalue weighted by Crippen LogP contribution is 2.40. The van der Waals surface area contributed by atoms with E-state index in [1.807, 2.05) is 0 Å². The van der Waals surface area contributed by atoms with E-state index in [-0.39, 0.29) is 27.1 Å². The Labute approximate surface area is 230 Å². The van der Waals surface area contributed by atoms with Gasteiger partial charge in [-0.05, 0) is 70.8 Å². The Morgan fingerprint density at radius 3 is 1.10 bits per heavy atom. The van der Waals surface area contributed by atoms with E-state index < -0.39 is 28.0 Å². The summed E-state index contributed by atoms with van der Waals surface area (Å²) in [5.74, 6) is -1.63. The fourth-order valence-corrected chi connectivity index (χ4v) is 5.14. The zero-order chi connectivity index (χ0) is 29.0. The minimum Gasteiger partial charge on any atom is -0.465 e. The van der Waals surface area contributed by atoms with Gasteiger partial charge in [-0.3, -0.25) is 4.55 Å². The van der Waals surface area contributed by atoms with Gasteiger partial charge in [0.2, 0.25) is 0 Å². The molecule has 0 heterocycles. The molecule has 0 amide bonds. The zero-order valence-corrected chi connectivity index (χ0v) is 22.5. The maximum atomic E-state index is 12.8. The van der Waals surface area contributed by atoms with E-state index >= 15 is 0 Å². The SMILES string of the molecule is COC(=O)c1ccc(-c2cc(-c3ccc(C(=O)OC)cc3)c(S(=O)(=O)O)c(-c3ccc(C(=O)OC)cc3)c2)cc1. The largest absolute Gasteiger partial charge is 0.465 e. The lowest BCUT2D eigenvalue weighted by atomic mass is 9.92.